The van der Waals surface area contributed by atoms with Crippen LogP contribution in [-0.4, -0.2) is 64.1 Å². The van der Waals surface area contributed by atoms with Crippen LogP contribution in [0.2, 0.25) is 0 Å². The van der Waals surface area contributed by atoms with Gasteiger partial charge >= 0.3 is 0 Å². The largest absolute Gasteiger partial charge is 0.383 e. The molecule has 1 aliphatic heterocycles. The fourth-order valence-electron chi connectivity index (χ4n) is 2.29. The summed E-state index contributed by atoms with van der Waals surface area (Å²) in [6, 6.07) is 0.636. The van der Waals surface area contributed by atoms with E-state index >= 15 is 0 Å². The van der Waals surface area contributed by atoms with Crippen molar-refractivity contribution < 1.29 is 9.47 Å². The predicted molar refractivity (Wildman–Crippen MR) is 75.0 cm³/mol. The molecule has 1 N–H and O–H groups in total. The van der Waals surface area contributed by atoms with E-state index in [9.17, 15) is 0 Å². The third-order valence-corrected chi connectivity index (χ3v) is 3.83. The van der Waals surface area contributed by atoms with Crippen LogP contribution in [0, 0.1) is 5.92 Å². The van der Waals surface area contributed by atoms with Gasteiger partial charge in [0.2, 0.25) is 0 Å². The highest BCUT2D eigenvalue weighted by Crippen LogP contribution is 2.10. The quantitative estimate of drug-likeness (QED) is 0.600. The number of ether oxygens (including phenoxy) is 2. The summed E-state index contributed by atoms with van der Waals surface area (Å²) in [5, 5.41) is 3.55. The molecule has 0 saturated carbocycles. The maximum Gasteiger partial charge on any atom is 0.0589 e. The zero-order chi connectivity index (χ0) is 13.2. The van der Waals surface area contributed by atoms with Crippen LogP contribution in [0.3, 0.4) is 0 Å². The summed E-state index contributed by atoms with van der Waals surface area (Å²) in [7, 11) is 1.77. The van der Waals surface area contributed by atoms with Gasteiger partial charge in [-0.2, -0.15) is 0 Å². The summed E-state index contributed by atoms with van der Waals surface area (Å²) in [6.07, 6.45) is 2.41. The van der Waals surface area contributed by atoms with Crippen LogP contribution in [0.1, 0.15) is 26.7 Å². The molecule has 0 spiro atoms. The summed E-state index contributed by atoms with van der Waals surface area (Å²) in [5.74, 6) is 0.723. The molecule has 4 nitrogen and oxygen atoms in total. The van der Waals surface area contributed by atoms with Gasteiger partial charge in [-0.1, -0.05) is 6.92 Å². The van der Waals surface area contributed by atoms with Crippen molar-refractivity contribution >= 4 is 0 Å². The lowest BCUT2D eigenvalue weighted by Crippen LogP contribution is -2.40. The smallest absolute Gasteiger partial charge is 0.0589 e. The molecule has 0 aromatic carbocycles. The van der Waals surface area contributed by atoms with Crippen molar-refractivity contribution in [2.75, 3.05) is 53.1 Å². The van der Waals surface area contributed by atoms with Gasteiger partial charge in [-0.15, -0.1) is 0 Å². The normalized spacial score (nSPS) is 21.7. The summed E-state index contributed by atoms with van der Waals surface area (Å²) in [6.45, 7) is 11.5. The van der Waals surface area contributed by atoms with Crippen molar-refractivity contribution in [2.24, 2.45) is 5.92 Å². The van der Waals surface area contributed by atoms with Crippen molar-refractivity contribution in [3.05, 3.63) is 0 Å². The summed E-state index contributed by atoms with van der Waals surface area (Å²) >= 11 is 0. The number of rotatable bonds is 10. The molecule has 2 atom stereocenters. The van der Waals surface area contributed by atoms with E-state index in [0.717, 1.165) is 51.9 Å². The van der Waals surface area contributed by atoms with Crippen molar-refractivity contribution in [2.45, 2.75) is 32.7 Å². The monoisotopic (exact) mass is 258 g/mol. The van der Waals surface area contributed by atoms with Gasteiger partial charge in [-0.3, -0.25) is 4.90 Å². The van der Waals surface area contributed by atoms with E-state index in [1.54, 1.807) is 7.11 Å². The van der Waals surface area contributed by atoms with Crippen molar-refractivity contribution in [3.63, 3.8) is 0 Å². The minimum absolute atomic E-state index is 0.636. The first-order chi connectivity index (χ1) is 8.77. The molecule has 0 aromatic heterocycles. The van der Waals surface area contributed by atoms with Gasteiger partial charge in [0.05, 0.1) is 13.2 Å². The summed E-state index contributed by atoms with van der Waals surface area (Å²) in [4.78, 5) is 2.50. The second kappa shape index (κ2) is 9.73. The minimum Gasteiger partial charge on any atom is -0.383 e. The zero-order valence-corrected chi connectivity index (χ0v) is 12.3. The Kier molecular flexibility index (Phi) is 8.59. The number of nitrogens with one attached hydrogen (secondary N) is 1. The lowest BCUT2D eigenvalue weighted by atomic mass is 10.1. The van der Waals surface area contributed by atoms with Crippen molar-refractivity contribution in [1.82, 2.24) is 10.2 Å². The first-order valence-corrected chi connectivity index (χ1v) is 7.29. The molecule has 0 radical (unpaired) electrons. The van der Waals surface area contributed by atoms with E-state index in [1.165, 1.54) is 12.8 Å². The summed E-state index contributed by atoms with van der Waals surface area (Å²) < 4.78 is 10.6. The molecule has 18 heavy (non-hydrogen) atoms. The lowest BCUT2D eigenvalue weighted by Gasteiger charge is -2.28. The van der Waals surface area contributed by atoms with Crippen LogP contribution in [0.4, 0.5) is 0 Å². The molecular formula is C14H30N2O2. The highest BCUT2D eigenvalue weighted by atomic mass is 16.5. The molecule has 1 rings (SSSR count). The van der Waals surface area contributed by atoms with Gasteiger partial charge in [0.15, 0.2) is 0 Å². The Morgan fingerprint density at radius 1 is 1.44 bits per heavy atom. The van der Waals surface area contributed by atoms with E-state index in [1.807, 2.05) is 0 Å². The van der Waals surface area contributed by atoms with Gasteiger partial charge in [0, 0.05) is 45.9 Å². The Hall–Kier alpha value is -0.160. The van der Waals surface area contributed by atoms with Crippen molar-refractivity contribution in [1.29, 1.82) is 0 Å². The first kappa shape index (κ1) is 15.9. The van der Waals surface area contributed by atoms with Gasteiger partial charge in [-0.05, 0) is 25.7 Å². The number of nitrogens with zero attached hydrogens (tertiary/aromatic N) is 1. The lowest BCUT2D eigenvalue weighted by molar-refractivity contribution is 0.123. The van der Waals surface area contributed by atoms with E-state index in [4.69, 9.17) is 9.47 Å². The van der Waals surface area contributed by atoms with Gasteiger partial charge in [-0.25, -0.2) is 0 Å². The maximum atomic E-state index is 5.38. The van der Waals surface area contributed by atoms with Gasteiger partial charge in [0.25, 0.3) is 0 Å². The Morgan fingerprint density at radius 2 is 2.28 bits per heavy atom. The molecule has 0 aromatic rings. The number of hydrogen-bond acceptors (Lipinski definition) is 4. The molecule has 1 saturated heterocycles. The van der Waals surface area contributed by atoms with E-state index in [0.29, 0.717) is 6.04 Å². The second-order valence-corrected chi connectivity index (χ2v) is 5.22. The van der Waals surface area contributed by atoms with Crippen LogP contribution in [0.5, 0.6) is 0 Å². The second-order valence-electron chi connectivity index (χ2n) is 5.22. The Balaban J connectivity index is 2.11. The standard InChI is InChI=1S/C14H30N2O2/c1-4-13(2)16(8-10-17-3)7-6-15-11-14-5-9-18-12-14/h13-15H,4-12H2,1-3H3. The molecule has 1 heterocycles. The SMILES string of the molecule is CCC(C)N(CCNCC1CCOC1)CCOC. The van der Waals surface area contributed by atoms with Crippen molar-refractivity contribution in [3.8, 4) is 0 Å². The molecule has 2 unspecified atom stereocenters. The molecule has 4 heteroatoms. The predicted octanol–water partition coefficient (Wildman–Crippen LogP) is 1.36. The average molecular weight is 258 g/mol. The average Bonchev–Trinajstić information content (AvgIpc) is 2.90. The fourth-order valence-corrected chi connectivity index (χ4v) is 2.29. The highest BCUT2D eigenvalue weighted by molar-refractivity contribution is 4.70. The van der Waals surface area contributed by atoms with Crippen LogP contribution >= 0.6 is 0 Å². The topological polar surface area (TPSA) is 33.7 Å². The molecular weight excluding hydrogens is 228 g/mol. The molecule has 0 amide bonds. The highest BCUT2D eigenvalue weighted by Gasteiger charge is 2.15. The van der Waals surface area contributed by atoms with Crippen LogP contribution in [-0.2, 0) is 9.47 Å². The van der Waals surface area contributed by atoms with Gasteiger partial charge in [0.1, 0.15) is 0 Å². The molecule has 108 valence electrons. The maximum absolute atomic E-state index is 5.38. The van der Waals surface area contributed by atoms with E-state index < -0.39 is 0 Å². The Bertz CT molecular complexity index is 196. The summed E-state index contributed by atoms with van der Waals surface area (Å²) in [5.41, 5.74) is 0. The Morgan fingerprint density at radius 3 is 2.89 bits per heavy atom. The fraction of sp³-hybridized carbons (Fsp3) is 1.00. The molecule has 1 fully saturated rings. The molecule has 0 aliphatic carbocycles. The van der Waals surface area contributed by atoms with Crippen LogP contribution < -0.4 is 5.32 Å². The number of hydrogen-bond donors (Lipinski definition) is 1. The Labute approximate surface area is 112 Å². The van der Waals surface area contributed by atoms with Crippen LogP contribution in [0.15, 0.2) is 0 Å². The third kappa shape index (κ3) is 6.14. The van der Waals surface area contributed by atoms with E-state index in [-0.39, 0.29) is 0 Å². The van der Waals surface area contributed by atoms with E-state index in [2.05, 4.69) is 24.1 Å². The molecule has 1 aliphatic rings. The number of methoxy groups -OCH3 is 1. The van der Waals surface area contributed by atoms with Crippen LogP contribution in [0.25, 0.3) is 0 Å². The first-order valence-electron chi connectivity index (χ1n) is 7.29. The minimum atomic E-state index is 0.636. The molecule has 0 bridgehead atoms. The van der Waals surface area contributed by atoms with Gasteiger partial charge < -0.3 is 14.8 Å². The zero-order valence-electron chi connectivity index (χ0n) is 12.3. The third-order valence-electron chi connectivity index (χ3n) is 3.83.